The molecular weight excluding hydrogens is 364 g/mol. The molecule has 29 heavy (non-hydrogen) atoms. The summed E-state index contributed by atoms with van der Waals surface area (Å²) in [4.78, 5) is 26.3. The van der Waals surface area contributed by atoms with Gasteiger partial charge in [-0.2, -0.15) is 0 Å². The number of benzene rings is 2. The molecule has 2 aromatic carbocycles. The minimum absolute atomic E-state index is 0.0159. The molecule has 5 heteroatoms. The van der Waals surface area contributed by atoms with Gasteiger partial charge in [-0.3, -0.25) is 9.59 Å². The number of ether oxygens (including phenoxy) is 1. The molecule has 1 saturated heterocycles. The fourth-order valence-corrected chi connectivity index (χ4v) is 3.38. The van der Waals surface area contributed by atoms with Crippen molar-refractivity contribution in [2.75, 3.05) is 11.9 Å². The molecule has 2 aromatic rings. The monoisotopic (exact) mass is 394 g/mol. The third-order valence-electron chi connectivity index (χ3n) is 5.12. The van der Waals surface area contributed by atoms with E-state index in [0.717, 1.165) is 24.1 Å². The normalized spacial score (nSPS) is 15.3. The minimum atomic E-state index is -0.631. The third kappa shape index (κ3) is 5.59. The van der Waals surface area contributed by atoms with Gasteiger partial charge >= 0.3 is 0 Å². The quantitative estimate of drug-likeness (QED) is 0.784. The van der Waals surface area contributed by atoms with Gasteiger partial charge in [-0.15, -0.1) is 0 Å². The molecular formula is C24H30N2O3. The van der Waals surface area contributed by atoms with Crippen LogP contribution in [0.4, 0.5) is 5.69 Å². The van der Waals surface area contributed by atoms with Gasteiger partial charge in [0.25, 0.3) is 5.91 Å². The van der Waals surface area contributed by atoms with Gasteiger partial charge in [0.05, 0.1) is 0 Å². The summed E-state index contributed by atoms with van der Waals surface area (Å²) >= 11 is 0. The van der Waals surface area contributed by atoms with Crippen molar-refractivity contribution < 1.29 is 14.3 Å². The molecule has 0 saturated carbocycles. The first kappa shape index (κ1) is 20.9. The van der Waals surface area contributed by atoms with Crippen molar-refractivity contribution in [1.82, 2.24) is 4.90 Å². The standard InChI is InChI=1S/C24H30N2O3/c1-17(29-21-11-6-9-19(15-21)24(2,3)4)23(28)25-20-10-5-8-18(14-20)16-26-13-7-12-22(26)27/h5-6,8-11,14-15,17H,7,12-13,16H2,1-4H3,(H,25,28)/t17-/m1/s1. The summed E-state index contributed by atoms with van der Waals surface area (Å²) in [6, 6.07) is 15.5. The zero-order valence-electron chi connectivity index (χ0n) is 17.7. The van der Waals surface area contributed by atoms with E-state index in [1.807, 2.05) is 47.4 Å². The molecule has 0 aliphatic carbocycles. The molecule has 5 nitrogen and oxygen atoms in total. The first-order valence-electron chi connectivity index (χ1n) is 10.2. The second-order valence-electron chi connectivity index (χ2n) is 8.65. The van der Waals surface area contributed by atoms with Crippen LogP contribution >= 0.6 is 0 Å². The van der Waals surface area contributed by atoms with Crippen molar-refractivity contribution >= 4 is 17.5 Å². The Labute approximate surface area is 173 Å². The van der Waals surface area contributed by atoms with E-state index in [1.54, 1.807) is 6.92 Å². The van der Waals surface area contributed by atoms with Crippen LogP contribution in [0.2, 0.25) is 0 Å². The summed E-state index contributed by atoms with van der Waals surface area (Å²) in [5, 5.41) is 2.92. The van der Waals surface area contributed by atoms with Crippen molar-refractivity contribution in [3.63, 3.8) is 0 Å². The highest BCUT2D eigenvalue weighted by atomic mass is 16.5. The summed E-state index contributed by atoms with van der Waals surface area (Å²) in [5.41, 5.74) is 2.89. The van der Waals surface area contributed by atoms with Crippen molar-refractivity contribution in [3.05, 3.63) is 59.7 Å². The lowest BCUT2D eigenvalue weighted by Gasteiger charge is -2.21. The highest BCUT2D eigenvalue weighted by molar-refractivity contribution is 5.94. The first-order chi connectivity index (χ1) is 13.7. The summed E-state index contributed by atoms with van der Waals surface area (Å²) < 4.78 is 5.87. The number of rotatable bonds is 6. The van der Waals surface area contributed by atoms with E-state index in [1.165, 1.54) is 0 Å². The number of nitrogens with one attached hydrogen (secondary N) is 1. The summed E-state index contributed by atoms with van der Waals surface area (Å²) in [5.74, 6) is 0.667. The van der Waals surface area contributed by atoms with Gasteiger partial charge in [-0.05, 0) is 54.2 Å². The Balaban J connectivity index is 1.61. The Morgan fingerprint density at radius 1 is 1.17 bits per heavy atom. The number of carbonyl (C=O) groups excluding carboxylic acids is 2. The molecule has 0 radical (unpaired) electrons. The number of hydrogen-bond donors (Lipinski definition) is 1. The Kier molecular flexibility index (Phi) is 6.26. The van der Waals surface area contributed by atoms with E-state index in [0.29, 0.717) is 24.4 Å². The molecule has 1 aliphatic heterocycles. The molecule has 2 amide bonds. The maximum atomic E-state index is 12.6. The predicted molar refractivity (Wildman–Crippen MR) is 115 cm³/mol. The molecule has 1 atom stereocenters. The Hall–Kier alpha value is -2.82. The van der Waals surface area contributed by atoms with Gasteiger partial charge in [0.2, 0.25) is 5.91 Å². The van der Waals surface area contributed by atoms with Crippen LogP contribution in [-0.2, 0) is 21.5 Å². The highest BCUT2D eigenvalue weighted by Gasteiger charge is 2.21. The minimum Gasteiger partial charge on any atom is -0.481 e. The van der Waals surface area contributed by atoms with Crippen LogP contribution in [0.5, 0.6) is 5.75 Å². The lowest BCUT2D eigenvalue weighted by molar-refractivity contribution is -0.128. The molecule has 0 bridgehead atoms. The van der Waals surface area contributed by atoms with Crippen LogP contribution in [-0.4, -0.2) is 29.4 Å². The summed E-state index contributed by atoms with van der Waals surface area (Å²) in [6.45, 7) is 9.55. The van der Waals surface area contributed by atoms with Crippen LogP contribution in [0.25, 0.3) is 0 Å². The average Bonchev–Trinajstić information content (AvgIpc) is 3.06. The zero-order chi connectivity index (χ0) is 21.0. The van der Waals surface area contributed by atoms with E-state index < -0.39 is 6.10 Å². The van der Waals surface area contributed by atoms with E-state index >= 15 is 0 Å². The lowest BCUT2D eigenvalue weighted by atomic mass is 9.87. The fraction of sp³-hybridized carbons (Fsp3) is 0.417. The maximum Gasteiger partial charge on any atom is 0.265 e. The number of hydrogen-bond acceptors (Lipinski definition) is 3. The molecule has 0 spiro atoms. The molecule has 0 unspecified atom stereocenters. The van der Waals surface area contributed by atoms with Crippen LogP contribution in [0.15, 0.2) is 48.5 Å². The molecule has 1 aliphatic rings. The lowest BCUT2D eigenvalue weighted by Crippen LogP contribution is -2.30. The number of amides is 2. The second kappa shape index (κ2) is 8.68. The third-order valence-corrected chi connectivity index (χ3v) is 5.12. The van der Waals surface area contributed by atoms with Crippen molar-refractivity contribution in [2.45, 2.75) is 58.6 Å². The van der Waals surface area contributed by atoms with E-state index in [-0.39, 0.29) is 17.2 Å². The largest absolute Gasteiger partial charge is 0.481 e. The van der Waals surface area contributed by atoms with E-state index in [9.17, 15) is 9.59 Å². The highest BCUT2D eigenvalue weighted by Crippen LogP contribution is 2.26. The molecule has 154 valence electrons. The van der Waals surface area contributed by atoms with Crippen molar-refractivity contribution in [3.8, 4) is 5.75 Å². The van der Waals surface area contributed by atoms with E-state index in [2.05, 4.69) is 32.2 Å². The number of likely N-dealkylation sites (tertiary alicyclic amines) is 1. The fourth-order valence-electron chi connectivity index (χ4n) is 3.38. The molecule has 1 N–H and O–H groups in total. The van der Waals surface area contributed by atoms with Crippen LogP contribution in [0.3, 0.4) is 0 Å². The SMILES string of the molecule is C[C@@H](Oc1cccc(C(C)(C)C)c1)C(=O)Nc1cccc(CN2CCCC2=O)c1. The van der Waals surface area contributed by atoms with Gasteiger partial charge in [0, 0.05) is 25.2 Å². The molecule has 1 heterocycles. The predicted octanol–water partition coefficient (Wildman–Crippen LogP) is 4.51. The van der Waals surface area contributed by atoms with Crippen LogP contribution < -0.4 is 10.1 Å². The van der Waals surface area contributed by atoms with Crippen LogP contribution in [0.1, 0.15) is 51.7 Å². The van der Waals surface area contributed by atoms with Gasteiger partial charge in [0.15, 0.2) is 6.10 Å². The number of carbonyl (C=O) groups is 2. The first-order valence-corrected chi connectivity index (χ1v) is 10.2. The maximum absolute atomic E-state index is 12.6. The van der Waals surface area contributed by atoms with Gasteiger partial charge < -0.3 is 15.0 Å². The number of nitrogens with zero attached hydrogens (tertiary/aromatic N) is 1. The molecule has 0 aromatic heterocycles. The zero-order valence-corrected chi connectivity index (χ0v) is 17.7. The molecule has 3 rings (SSSR count). The van der Waals surface area contributed by atoms with Gasteiger partial charge in [-0.1, -0.05) is 45.0 Å². The number of anilines is 1. The summed E-state index contributed by atoms with van der Waals surface area (Å²) in [6.07, 6.45) is 0.913. The topological polar surface area (TPSA) is 58.6 Å². The van der Waals surface area contributed by atoms with Gasteiger partial charge in [0.1, 0.15) is 5.75 Å². The van der Waals surface area contributed by atoms with E-state index in [4.69, 9.17) is 4.74 Å². The van der Waals surface area contributed by atoms with Crippen LogP contribution in [0, 0.1) is 0 Å². The molecule has 1 fully saturated rings. The summed E-state index contributed by atoms with van der Waals surface area (Å²) in [7, 11) is 0. The Bertz CT molecular complexity index is 886. The van der Waals surface area contributed by atoms with Crippen molar-refractivity contribution in [1.29, 1.82) is 0 Å². The Morgan fingerprint density at radius 2 is 1.93 bits per heavy atom. The van der Waals surface area contributed by atoms with Gasteiger partial charge in [-0.25, -0.2) is 0 Å². The Morgan fingerprint density at radius 3 is 2.62 bits per heavy atom. The smallest absolute Gasteiger partial charge is 0.265 e. The second-order valence-corrected chi connectivity index (χ2v) is 8.65. The van der Waals surface area contributed by atoms with Crippen molar-refractivity contribution in [2.24, 2.45) is 0 Å². The average molecular weight is 395 g/mol.